The predicted octanol–water partition coefficient (Wildman–Crippen LogP) is 1.97. The highest BCUT2D eigenvalue weighted by Gasteiger charge is 2.19. The van der Waals surface area contributed by atoms with Crippen LogP contribution in [0.1, 0.15) is 47.0 Å². The molecule has 2 amide bonds. The Morgan fingerprint density at radius 3 is 2.18 bits per heavy atom. The minimum Gasteiger partial charge on any atom is -0.481 e. The van der Waals surface area contributed by atoms with E-state index in [2.05, 4.69) is 17.6 Å². The number of rotatable bonds is 7. The summed E-state index contributed by atoms with van der Waals surface area (Å²) in [7, 11) is 0. The second kappa shape index (κ2) is 7.92. The van der Waals surface area contributed by atoms with Crippen LogP contribution in [0.2, 0.25) is 0 Å². The van der Waals surface area contributed by atoms with Gasteiger partial charge in [0.05, 0.1) is 6.42 Å². The van der Waals surface area contributed by atoms with E-state index in [-0.39, 0.29) is 30.5 Å². The molecule has 17 heavy (non-hydrogen) atoms. The van der Waals surface area contributed by atoms with Crippen LogP contribution in [0.25, 0.3) is 0 Å². The van der Waals surface area contributed by atoms with Crippen LogP contribution in [0.4, 0.5) is 4.79 Å². The van der Waals surface area contributed by atoms with Gasteiger partial charge >= 0.3 is 12.0 Å². The van der Waals surface area contributed by atoms with Crippen LogP contribution in [0.3, 0.4) is 0 Å². The molecule has 0 rings (SSSR count). The molecule has 2 unspecified atom stereocenters. The SMILES string of the molecule is CCCC(C)NC(=O)NC(CC(=O)O)C(C)C. The summed E-state index contributed by atoms with van der Waals surface area (Å²) in [4.78, 5) is 22.3. The lowest BCUT2D eigenvalue weighted by Crippen LogP contribution is -2.47. The molecule has 0 aromatic rings. The first-order valence-electron chi connectivity index (χ1n) is 6.15. The molecular formula is C12H24N2O3. The number of aliphatic carboxylic acids is 1. The molecule has 0 bridgehead atoms. The molecule has 5 heteroatoms. The van der Waals surface area contributed by atoms with Gasteiger partial charge in [-0.1, -0.05) is 27.2 Å². The normalized spacial score (nSPS) is 14.2. The Kier molecular flexibility index (Phi) is 7.34. The molecule has 100 valence electrons. The average molecular weight is 244 g/mol. The van der Waals surface area contributed by atoms with Gasteiger partial charge < -0.3 is 15.7 Å². The van der Waals surface area contributed by atoms with Gasteiger partial charge in [0, 0.05) is 12.1 Å². The van der Waals surface area contributed by atoms with E-state index in [0.29, 0.717) is 0 Å². The third-order valence-corrected chi connectivity index (χ3v) is 2.61. The van der Waals surface area contributed by atoms with Crippen molar-refractivity contribution in [3.8, 4) is 0 Å². The van der Waals surface area contributed by atoms with Gasteiger partial charge in [-0.05, 0) is 19.3 Å². The summed E-state index contributed by atoms with van der Waals surface area (Å²) in [6.45, 7) is 7.77. The lowest BCUT2D eigenvalue weighted by Gasteiger charge is -2.22. The maximum absolute atomic E-state index is 11.6. The molecule has 0 saturated heterocycles. The van der Waals surface area contributed by atoms with Crippen molar-refractivity contribution in [1.82, 2.24) is 10.6 Å². The molecule has 0 aliphatic heterocycles. The van der Waals surface area contributed by atoms with Crippen molar-refractivity contribution in [2.24, 2.45) is 5.92 Å². The number of urea groups is 1. The summed E-state index contributed by atoms with van der Waals surface area (Å²) in [5.41, 5.74) is 0. The van der Waals surface area contributed by atoms with Gasteiger partial charge in [-0.15, -0.1) is 0 Å². The van der Waals surface area contributed by atoms with Gasteiger partial charge in [0.15, 0.2) is 0 Å². The number of carbonyl (C=O) groups excluding carboxylic acids is 1. The third kappa shape index (κ3) is 7.60. The minimum atomic E-state index is -0.898. The minimum absolute atomic E-state index is 0.0484. The van der Waals surface area contributed by atoms with E-state index < -0.39 is 5.97 Å². The molecule has 3 N–H and O–H groups in total. The molecule has 0 aliphatic rings. The number of hydrogen-bond donors (Lipinski definition) is 3. The van der Waals surface area contributed by atoms with Crippen LogP contribution in [-0.4, -0.2) is 29.2 Å². The highest BCUT2D eigenvalue weighted by molar-refractivity contribution is 5.76. The van der Waals surface area contributed by atoms with Gasteiger partial charge in [0.2, 0.25) is 0 Å². The maximum atomic E-state index is 11.6. The van der Waals surface area contributed by atoms with Gasteiger partial charge in [0.1, 0.15) is 0 Å². The van der Waals surface area contributed by atoms with Gasteiger partial charge in [-0.25, -0.2) is 4.79 Å². The number of carboxylic acids is 1. The summed E-state index contributed by atoms with van der Waals surface area (Å²) in [5, 5.41) is 14.2. The van der Waals surface area contributed by atoms with E-state index in [0.717, 1.165) is 12.8 Å². The Bertz CT molecular complexity index is 254. The smallest absolute Gasteiger partial charge is 0.315 e. The topological polar surface area (TPSA) is 78.4 Å². The number of nitrogens with one attached hydrogen (secondary N) is 2. The van der Waals surface area contributed by atoms with E-state index in [1.807, 2.05) is 20.8 Å². The second-order valence-electron chi connectivity index (χ2n) is 4.76. The first kappa shape index (κ1) is 15.7. The van der Waals surface area contributed by atoms with Gasteiger partial charge in [-0.2, -0.15) is 0 Å². The average Bonchev–Trinajstić information content (AvgIpc) is 2.15. The first-order chi connectivity index (χ1) is 7.86. The van der Waals surface area contributed by atoms with E-state index >= 15 is 0 Å². The van der Waals surface area contributed by atoms with Crippen LogP contribution < -0.4 is 10.6 Å². The van der Waals surface area contributed by atoms with Gasteiger partial charge in [0.25, 0.3) is 0 Å². The lowest BCUT2D eigenvalue weighted by molar-refractivity contribution is -0.137. The zero-order valence-corrected chi connectivity index (χ0v) is 11.1. The molecule has 0 aromatic heterocycles. The predicted molar refractivity (Wildman–Crippen MR) is 66.9 cm³/mol. The number of hydrogen-bond acceptors (Lipinski definition) is 2. The third-order valence-electron chi connectivity index (χ3n) is 2.61. The summed E-state index contributed by atoms with van der Waals surface area (Å²) in [6, 6.07) is -0.509. The lowest BCUT2D eigenvalue weighted by atomic mass is 10.0. The van der Waals surface area contributed by atoms with E-state index in [9.17, 15) is 9.59 Å². The van der Waals surface area contributed by atoms with Crippen LogP contribution in [0, 0.1) is 5.92 Å². The molecule has 2 atom stereocenters. The standard InChI is InChI=1S/C12H24N2O3/c1-5-6-9(4)13-12(17)14-10(8(2)3)7-11(15)16/h8-10H,5-7H2,1-4H3,(H,15,16)(H2,13,14,17). The molecular weight excluding hydrogens is 220 g/mol. The van der Waals surface area contributed by atoms with Crippen molar-refractivity contribution >= 4 is 12.0 Å². The fraction of sp³-hybridized carbons (Fsp3) is 0.833. The van der Waals surface area contributed by atoms with Crippen molar-refractivity contribution in [3.05, 3.63) is 0 Å². The van der Waals surface area contributed by atoms with E-state index in [1.165, 1.54) is 0 Å². The summed E-state index contributed by atoms with van der Waals surface area (Å²) in [6.07, 6.45) is 1.87. The van der Waals surface area contributed by atoms with Crippen molar-refractivity contribution < 1.29 is 14.7 Å². The van der Waals surface area contributed by atoms with E-state index in [4.69, 9.17) is 5.11 Å². The number of carboxylic acid groups (broad SMARTS) is 1. The van der Waals surface area contributed by atoms with Crippen molar-refractivity contribution in [2.45, 2.75) is 59.0 Å². The first-order valence-corrected chi connectivity index (χ1v) is 6.15. The molecule has 0 aromatic carbocycles. The van der Waals surface area contributed by atoms with Crippen molar-refractivity contribution in [3.63, 3.8) is 0 Å². The zero-order chi connectivity index (χ0) is 13.4. The molecule has 0 fully saturated rings. The molecule has 0 spiro atoms. The Morgan fingerprint density at radius 2 is 1.76 bits per heavy atom. The molecule has 0 heterocycles. The Hall–Kier alpha value is -1.26. The summed E-state index contributed by atoms with van der Waals surface area (Å²) < 4.78 is 0. The van der Waals surface area contributed by atoms with Crippen molar-refractivity contribution in [2.75, 3.05) is 0 Å². The van der Waals surface area contributed by atoms with Gasteiger partial charge in [-0.3, -0.25) is 4.79 Å². The number of carbonyl (C=O) groups is 2. The molecule has 0 radical (unpaired) electrons. The maximum Gasteiger partial charge on any atom is 0.315 e. The molecule has 0 aliphatic carbocycles. The fourth-order valence-electron chi connectivity index (χ4n) is 1.58. The fourth-order valence-corrected chi connectivity index (χ4v) is 1.58. The zero-order valence-electron chi connectivity index (χ0n) is 11.1. The van der Waals surface area contributed by atoms with E-state index in [1.54, 1.807) is 0 Å². The second-order valence-corrected chi connectivity index (χ2v) is 4.76. The summed E-state index contributed by atoms with van der Waals surface area (Å²) in [5.74, 6) is -0.802. The molecule has 5 nitrogen and oxygen atoms in total. The Morgan fingerprint density at radius 1 is 1.18 bits per heavy atom. The van der Waals surface area contributed by atoms with Crippen LogP contribution >= 0.6 is 0 Å². The van der Waals surface area contributed by atoms with Crippen LogP contribution in [0.15, 0.2) is 0 Å². The highest BCUT2D eigenvalue weighted by Crippen LogP contribution is 2.06. The quantitative estimate of drug-likeness (QED) is 0.640. The molecule has 0 saturated carbocycles. The van der Waals surface area contributed by atoms with Crippen molar-refractivity contribution in [1.29, 1.82) is 0 Å². The Labute approximate surface area is 103 Å². The van der Waals surface area contributed by atoms with Crippen LogP contribution in [-0.2, 0) is 4.79 Å². The monoisotopic (exact) mass is 244 g/mol. The van der Waals surface area contributed by atoms with Crippen LogP contribution in [0.5, 0.6) is 0 Å². The largest absolute Gasteiger partial charge is 0.481 e. The summed E-state index contributed by atoms with van der Waals surface area (Å²) >= 11 is 0. The highest BCUT2D eigenvalue weighted by atomic mass is 16.4. The Balaban J connectivity index is 4.16. The number of amides is 2.